The minimum Gasteiger partial charge on any atom is -0.478 e. The van der Waals surface area contributed by atoms with Crippen molar-refractivity contribution in [2.45, 2.75) is 17.7 Å². The Hall–Kier alpha value is -1.04. The Bertz CT molecular complexity index is 608. The summed E-state index contributed by atoms with van der Waals surface area (Å²) in [6, 6.07) is 2.13. The lowest BCUT2D eigenvalue weighted by molar-refractivity contribution is 0.0697. The molecule has 0 saturated carbocycles. The summed E-state index contributed by atoms with van der Waals surface area (Å²) in [6.45, 7) is 3.50. The van der Waals surface area contributed by atoms with Gasteiger partial charge in [-0.1, -0.05) is 29.3 Å². The molecule has 0 aliphatic rings. The zero-order valence-corrected chi connectivity index (χ0v) is 12.2. The Morgan fingerprint density at radius 1 is 1.32 bits per heavy atom. The minimum absolute atomic E-state index is 0.0754. The maximum atomic E-state index is 12.1. The number of carboxylic acids is 1. The third-order valence-corrected chi connectivity index (χ3v) is 4.98. The second-order valence-electron chi connectivity index (χ2n) is 3.82. The number of benzene rings is 1. The normalized spacial score (nSPS) is 11.3. The summed E-state index contributed by atoms with van der Waals surface area (Å²) in [6.07, 6.45) is 2.56. The van der Waals surface area contributed by atoms with Crippen LogP contribution in [0.5, 0.6) is 0 Å². The van der Waals surface area contributed by atoms with Crippen LogP contribution in [0, 0.1) is 0 Å². The van der Waals surface area contributed by atoms with Crippen molar-refractivity contribution in [3.63, 3.8) is 0 Å². The van der Waals surface area contributed by atoms with Crippen molar-refractivity contribution in [2.75, 3.05) is 5.75 Å². The van der Waals surface area contributed by atoms with Crippen molar-refractivity contribution < 1.29 is 18.3 Å². The lowest BCUT2D eigenvalue weighted by Gasteiger charge is -2.08. The van der Waals surface area contributed by atoms with Crippen LogP contribution in [0.4, 0.5) is 0 Å². The van der Waals surface area contributed by atoms with Crippen molar-refractivity contribution >= 4 is 39.0 Å². The number of sulfone groups is 1. The standard InChI is InChI=1S/C12H12Cl2O4S/c1-2-3-4-5-19(17,18)11-6-8(12(15)16)9(13)7-10(11)14/h2,6-7H,1,3-5H2,(H,15,16). The molecule has 1 aromatic carbocycles. The highest BCUT2D eigenvalue weighted by Gasteiger charge is 2.22. The maximum absolute atomic E-state index is 12.1. The number of carboxylic acid groups (broad SMARTS) is 1. The van der Waals surface area contributed by atoms with Crippen molar-refractivity contribution in [1.29, 1.82) is 0 Å². The van der Waals surface area contributed by atoms with Gasteiger partial charge in [-0.05, 0) is 25.0 Å². The van der Waals surface area contributed by atoms with Crippen LogP contribution in [-0.4, -0.2) is 25.2 Å². The summed E-state index contributed by atoms with van der Waals surface area (Å²) in [5.41, 5.74) is -0.284. The van der Waals surface area contributed by atoms with Gasteiger partial charge < -0.3 is 5.11 Å². The molecule has 0 aromatic heterocycles. The number of hydrogen-bond acceptors (Lipinski definition) is 3. The van der Waals surface area contributed by atoms with Crippen LogP contribution < -0.4 is 0 Å². The maximum Gasteiger partial charge on any atom is 0.337 e. The van der Waals surface area contributed by atoms with Gasteiger partial charge in [0.2, 0.25) is 0 Å². The summed E-state index contributed by atoms with van der Waals surface area (Å²) in [5.74, 6) is -1.43. The van der Waals surface area contributed by atoms with E-state index in [1.807, 2.05) is 0 Å². The third-order valence-electron chi connectivity index (χ3n) is 2.41. The Morgan fingerprint density at radius 3 is 2.47 bits per heavy atom. The molecule has 1 N–H and O–H groups in total. The highest BCUT2D eigenvalue weighted by atomic mass is 35.5. The number of halogens is 2. The summed E-state index contributed by atoms with van der Waals surface area (Å²) in [4.78, 5) is 10.7. The molecule has 7 heteroatoms. The molecule has 0 aliphatic carbocycles. The highest BCUT2D eigenvalue weighted by molar-refractivity contribution is 7.91. The van der Waals surface area contributed by atoms with Gasteiger partial charge in [0.05, 0.1) is 26.3 Å². The first kappa shape index (κ1) is 16.0. The van der Waals surface area contributed by atoms with E-state index in [-0.39, 0.29) is 26.3 Å². The van der Waals surface area contributed by atoms with Gasteiger partial charge in [0.15, 0.2) is 9.84 Å². The van der Waals surface area contributed by atoms with Crippen molar-refractivity contribution in [1.82, 2.24) is 0 Å². The van der Waals surface area contributed by atoms with Crippen LogP contribution in [0.1, 0.15) is 23.2 Å². The van der Waals surface area contributed by atoms with E-state index in [0.29, 0.717) is 12.8 Å². The zero-order chi connectivity index (χ0) is 14.6. The molecule has 0 radical (unpaired) electrons. The lowest BCUT2D eigenvalue weighted by Crippen LogP contribution is -2.09. The van der Waals surface area contributed by atoms with Gasteiger partial charge in [-0.2, -0.15) is 0 Å². The van der Waals surface area contributed by atoms with E-state index in [4.69, 9.17) is 28.3 Å². The molecule has 19 heavy (non-hydrogen) atoms. The van der Waals surface area contributed by atoms with E-state index < -0.39 is 15.8 Å². The smallest absolute Gasteiger partial charge is 0.337 e. The number of rotatable bonds is 6. The molecule has 1 aromatic rings. The van der Waals surface area contributed by atoms with Crippen molar-refractivity contribution in [3.8, 4) is 0 Å². The van der Waals surface area contributed by atoms with Gasteiger partial charge in [-0.3, -0.25) is 0 Å². The van der Waals surface area contributed by atoms with Crippen LogP contribution in [0.15, 0.2) is 29.7 Å². The van der Waals surface area contributed by atoms with E-state index in [9.17, 15) is 13.2 Å². The number of allylic oxidation sites excluding steroid dienone is 1. The van der Waals surface area contributed by atoms with Gasteiger partial charge in [0.1, 0.15) is 0 Å². The predicted molar refractivity (Wildman–Crippen MR) is 74.9 cm³/mol. The number of aromatic carboxylic acids is 1. The zero-order valence-electron chi connectivity index (χ0n) is 9.90. The summed E-state index contributed by atoms with van der Waals surface area (Å²) in [5, 5.41) is 8.75. The molecular weight excluding hydrogens is 311 g/mol. The molecule has 4 nitrogen and oxygen atoms in total. The van der Waals surface area contributed by atoms with E-state index in [2.05, 4.69) is 6.58 Å². The topological polar surface area (TPSA) is 71.4 Å². The Balaban J connectivity index is 3.22. The average molecular weight is 323 g/mol. The molecule has 1 rings (SSSR count). The summed E-state index contributed by atoms with van der Waals surface area (Å²) < 4.78 is 24.1. The Labute approximate surface area is 121 Å². The first-order chi connectivity index (χ1) is 8.79. The van der Waals surface area contributed by atoms with Crippen molar-refractivity contribution in [3.05, 3.63) is 40.4 Å². The molecule has 0 atom stereocenters. The fraction of sp³-hybridized carbons (Fsp3) is 0.250. The number of carbonyl (C=O) groups is 1. The van der Waals surface area contributed by atoms with Gasteiger partial charge >= 0.3 is 5.97 Å². The van der Waals surface area contributed by atoms with E-state index in [1.54, 1.807) is 6.08 Å². The van der Waals surface area contributed by atoms with Gasteiger partial charge in [0, 0.05) is 0 Å². The SMILES string of the molecule is C=CCCCS(=O)(=O)c1cc(C(=O)O)c(Cl)cc1Cl. The van der Waals surface area contributed by atoms with Crippen LogP contribution in [0.2, 0.25) is 10.0 Å². The lowest BCUT2D eigenvalue weighted by atomic mass is 10.2. The Morgan fingerprint density at radius 2 is 1.95 bits per heavy atom. The van der Waals surface area contributed by atoms with Crippen LogP contribution in [-0.2, 0) is 9.84 Å². The quantitative estimate of drug-likeness (QED) is 0.643. The van der Waals surface area contributed by atoms with Crippen molar-refractivity contribution in [2.24, 2.45) is 0 Å². The van der Waals surface area contributed by atoms with Gasteiger partial charge in [-0.15, -0.1) is 6.58 Å². The second kappa shape index (κ2) is 6.41. The predicted octanol–water partition coefficient (Wildman–Crippen LogP) is 3.43. The van der Waals surface area contributed by atoms with E-state index in [1.165, 1.54) is 0 Å². The minimum atomic E-state index is -3.64. The average Bonchev–Trinajstić information content (AvgIpc) is 2.28. The highest BCUT2D eigenvalue weighted by Crippen LogP contribution is 2.29. The molecule has 0 spiro atoms. The van der Waals surface area contributed by atoms with Crippen LogP contribution in [0.25, 0.3) is 0 Å². The largest absolute Gasteiger partial charge is 0.478 e. The van der Waals surface area contributed by atoms with Crippen LogP contribution >= 0.6 is 23.2 Å². The second-order valence-corrected chi connectivity index (χ2v) is 6.71. The molecule has 104 valence electrons. The molecule has 0 bridgehead atoms. The van der Waals surface area contributed by atoms with Gasteiger partial charge in [-0.25, -0.2) is 13.2 Å². The molecular formula is C12H12Cl2O4S. The fourth-order valence-corrected chi connectivity index (χ4v) is 3.70. The monoisotopic (exact) mass is 322 g/mol. The van der Waals surface area contributed by atoms with Crippen LogP contribution in [0.3, 0.4) is 0 Å². The number of hydrogen-bond donors (Lipinski definition) is 1. The summed E-state index contributed by atoms with van der Waals surface area (Å²) in [7, 11) is -3.64. The van der Waals surface area contributed by atoms with E-state index >= 15 is 0 Å². The molecule has 0 aliphatic heterocycles. The first-order valence-electron chi connectivity index (χ1n) is 5.35. The van der Waals surface area contributed by atoms with Gasteiger partial charge in [0.25, 0.3) is 0 Å². The molecule has 0 saturated heterocycles. The fourth-order valence-electron chi connectivity index (χ4n) is 1.46. The first-order valence-corrected chi connectivity index (χ1v) is 7.76. The molecule has 0 unspecified atom stereocenters. The molecule has 0 amide bonds. The summed E-state index contributed by atoms with van der Waals surface area (Å²) >= 11 is 11.5. The molecule has 0 fully saturated rings. The Kier molecular flexibility index (Phi) is 5.40. The third kappa shape index (κ3) is 3.96. The number of unbranched alkanes of at least 4 members (excludes halogenated alkanes) is 1. The van der Waals surface area contributed by atoms with E-state index in [0.717, 1.165) is 12.1 Å². The molecule has 0 heterocycles.